The molecule has 2 aromatic carbocycles. The number of ether oxygens (including phenoxy) is 2. The second kappa shape index (κ2) is 8.87. The minimum atomic E-state index is -0.958. The number of benzene rings is 2. The number of phenolic OH excluding ortho intramolecular Hbond substituents is 1. The molecule has 5 fully saturated rings. The van der Waals surface area contributed by atoms with Gasteiger partial charge in [0.2, 0.25) is 0 Å². The van der Waals surface area contributed by atoms with E-state index in [0.717, 1.165) is 44.6 Å². The number of halogens is 1. The molecular weight excluding hydrogens is 534 g/mol. The minimum absolute atomic E-state index is 0. The lowest BCUT2D eigenvalue weighted by molar-refractivity contribution is -0.303. The number of hydrogen-bond donors (Lipinski definition) is 2. The smallest absolute Gasteiger partial charge is 0.165 e. The van der Waals surface area contributed by atoms with E-state index in [1.807, 2.05) is 13.2 Å². The fourth-order valence-corrected chi connectivity index (χ4v) is 11.1. The third-order valence-electron chi connectivity index (χ3n) is 12.8. The highest BCUT2D eigenvalue weighted by molar-refractivity contribution is 5.85. The largest absolute Gasteiger partial charge is 0.504 e. The standard InChI is InChI=1S/C35H45NO4.ClH/c1-31(2,24-8-6-5-7-9-24)21-32(3,38)26-19-33-14-15-35(26,39-4)30-34(33)16-17-36(20-22-10-11-22)27(33)18-23-12-13-25(37)29(40-30)28(23)34;/h5-9,12-13,22,26-27,30,37-38H,10-11,14-21H2,1-4H3;1H/t26-,27-,30-,32-,33-,34+,35-;/m1./s1. The number of phenols is 1. The van der Waals surface area contributed by atoms with Gasteiger partial charge in [0.15, 0.2) is 11.5 Å². The second-order valence-corrected chi connectivity index (χ2v) is 15.2. The van der Waals surface area contributed by atoms with E-state index in [9.17, 15) is 10.2 Å². The Morgan fingerprint density at radius 2 is 1.80 bits per heavy atom. The molecule has 2 spiro atoms. The van der Waals surface area contributed by atoms with Gasteiger partial charge in [-0.25, -0.2) is 0 Å². The molecule has 0 amide bonds. The maximum absolute atomic E-state index is 12.7. The summed E-state index contributed by atoms with van der Waals surface area (Å²) in [5, 5.41) is 23.8. The number of rotatable bonds is 7. The van der Waals surface area contributed by atoms with Gasteiger partial charge in [-0.05, 0) is 93.4 Å². The first-order valence-electron chi connectivity index (χ1n) is 15.7. The summed E-state index contributed by atoms with van der Waals surface area (Å²) in [5.74, 6) is 1.74. The molecule has 6 heteroatoms. The molecule has 41 heavy (non-hydrogen) atoms. The van der Waals surface area contributed by atoms with Crippen LogP contribution < -0.4 is 4.74 Å². The zero-order valence-corrected chi connectivity index (χ0v) is 25.8. The van der Waals surface area contributed by atoms with E-state index in [0.29, 0.717) is 18.2 Å². The molecule has 9 rings (SSSR count). The van der Waals surface area contributed by atoms with Gasteiger partial charge in [0.25, 0.3) is 0 Å². The summed E-state index contributed by atoms with van der Waals surface area (Å²) >= 11 is 0. The van der Waals surface area contributed by atoms with Crippen LogP contribution >= 0.6 is 12.4 Å². The maximum atomic E-state index is 12.7. The second-order valence-electron chi connectivity index (χ2n) is 15.2. The molecule has 2 N–H and O–H groups in total. The Bertz CT molecular complexity index is 1360. The number of nitrogens with zero attached hydrogens (tertiary/aromatic N) is 1. The quantitative estimate of drug-likeness (QED) is 0.411. The van der Waals surface area contributed by atoms with Gasteiger partial charge in [0.05, 0.1) is 5.60 Å². The zero-order valence-electron chi connectivity index (χ0n) is 25.0. The van der Waals surface area contributed by atoms with Crippen LogP contribution in [-0.4, -0.2) is 58.7 Å². The van der Waals surface area contributed by atoms with E-state index in [4.69, 9.17) is 9.47 Å². The highest BCUT2D eigenvalue weighted by Gasteiger charge is 2.82. The third kappa shape index (κ3) is 3.47. The first kappa shape index (κ1) is 28.0. The van der Waals surface area contributed by atoms with Crippen LogP contribution in [0.5, 0.6) is 11.5 Å². The van der Waals surface area contributed by atoms with E-state index < -0.39 is 11.2 Å². The van der Waals surface area contributed by atoms with Gasteiger partial charge in [0, 0.05) is 42.0 Å². The molecule has 4 saturated carbocycles. The van der Waals surface area contributed by atoms with Crippen LogP contribution in [0.3, 0.4) is 0 Å². The molecule has 7 atom stereocenters. The van der Waals surface area contributed by atoms with Gasteiger partial charge < -0.3 is 19.7 Å². The summed E-state index contributed by atoms with van der Waals surface area (Å²) in [5.41, 5.74) is 1.96. The van der Waals surface area contributed by atoms with Crippen molar-refractivity contribution in [3.63, 3.8) is 0 Å². The van der Waals surface area contributed by atoms with Crippen molar-refractivity contribution >= 4 is 12.4 Å². The van der Waals surface area contributed by atoms with E-state index in [1.54, 1.807) is 0 Å². The molecule has 2 aromatic rings. The average molecular weight is 580 g/mol. The van der Waals surface area contributed by atoms with Crippen molar-refractivity contribution < 1.29 is 19.7 Å². The summed E-state index contributed by atoms with van der Waals surface area (Å²) < 4.78 is 13.7. The summed E-state index contributed by atoms with van der Waals surface area (Å²) in [6.45, 7) is 8.87. The maximum Gasteiger partial charge on any atom is 0.165 e. The SMILES string of the molecule is CO[C@]12CC[C@@]3(C[C@@H]1[C@](C)(O)CC(C)(C)c1ccccc1)[C@H]1Cc4ccc(O)c5c4[C@@]3(CCN1CC1CC1)[C@H]2O5.Cl. The molecule has 0 unspecified atom stereocenters. The summed E-state index contributed by atoms with van der Waals surface area (Å²) in [6.07, 6.45) is 8.15. The first-order chi connectivity index (χ1) is 19.1. The van der Waals surface area contributed by atoms with Crippen LogP contribution in [0.4, 0.5) is 0 Å². The molecule has 0 aromatic heterocycles. The van der Waals surface area contributed by atoms with Gasteiger partial charge >= 0.3 is 0 Å². The number of methoxy groups -OCH3 is 1. The molecule has 2 heterocycles. The lowest BCUT2D eigenvalue weighted by atomic mass is 9.33. The molecule has 222 valence electrons. The Morgan fingerprint density at radius 3 is 2.51 bits per heavy atom. The van der Waals surface area contributed by atoms with Crippen molar-refractivity contribution in [3.8, 4) is 11.5 Å². The Hall–Kier alpha value is -1.79. The number of aliphatic hydroxyl groups is 1. The molecule has 2 aliphatic heterocycles. The lowest BCUT2D eigenvalue weighted by Gasteiger charge is -2.75. The minimum Gasteiger partial charge on any atom is -0.504 e. The Labute approximate surface area is 251 Å². The van der Waals surface area contributed by atoms with Gasteiger partial charge in [-0.2, -0.15) is 0 Å². The molecule has 1 saturated heterocycles. The van der Waals surface area contributed by atoms with Crippen LogP contribution in [0.15, 0.2) is 42.5 Å². The van der Waals surface area contributed by atoms with Crippen molar-refractivity contribution in [1.29, 1.82) is 0 Å². The van der Waals surface area contributed by atoms with Crippen molar-refractivity contribution in [2.45, 2.75) is 106 Å². The third-order valence-corrected chi connectivity index (χ3v) is 12.8. The Morgan fingerprint density at radius 1 is 1.05 bits per heavy atom. The molecular formula is C35H46ClNO4. The molecule has 7 aliphatic rings. The van der Waals surface area contributed by atoms with Crippen molar-refractivity contribution in [2.24, 2.45) is 17.3 Å². The van der Waals surface area contributed by atoms with Crippen LogP contribution in [-0.2, 0) is 22.0 Å². The monoisotopic (exact) mass is 579 g/mol. The average Bonchev–Trinajstić information content (AvgIpc) is 3.68. The van der Waals surface area contributed by atoms with Crippen LogP contribution in [0.2, 0.25) is 0 Å². The summed E-state index contributed by atoms with van der Waals surface area (Å²) in [4.78, 5) is 2.83. The molecule has 4 bridgehead atoms. The number of fused-ring (bicyclic) bond motifs is 2. The molecule has 0 radical (unpaired) electrons. The Balaban J connectivity index is 0.00000276. The van der Waals surface area contributed by atoms with Gasteiger partial charge in [0.1, 0.15) is 11.7 Å². The number of piperidine rings is 1. The molecule has 5 aliphatic carbocycles. The van der Waals surface area contributed by atoms with Crippen molar-refractivity contribution in [2.75, 3.05) is 20.2 Å². The highest BCUT2D eigenvalue weighted by atomic mass is 35.5. The Kier molecular flexibility index (Phi) is 6.06. The van der Waals surface area contributed by atoms with Gasteiger partial charge in [-0.1, -0.05) is 50.2 Å². The van der Waals surface area contributed by atoms with Gasteiger partial charge in [-0.3, -0.25) is 4.90 Å². The van der Waals surface area contributed by atoms with E-state index in [-0.39, 0.29) is 46.4 Å². The summed E-state index contributed by atoms with van der Waals surface area (Å²) in [7, 11) is 1.84. The highest BCUT2D eigenvalue weighted by Crippen LogP contribution is 2.77. The predicted molar refractivity (Wildman–Crippen MR) is 162 cm³/mol. The fourth-order valence-electron chi connectivity index (χ4n) is 11.1. The van der Waals surface area contributed by atoms with E-state index in [1.165, 1.54) is 36.1 Å². The van der Waals surface area contributed by atoms with Crippen molar-refractivity contribution in [3.05, 3.63) is 59.2 Å². The summed E-state index contributed by atoms with van der Waals surface area (Å²) in [6, 6.07) is 15.1. The van der Waals surface area contributed by atoms with Crippen molar-refractivity contribution in [1.82, 2.24) is 4.90 Å². The van der Waals surface area contributed by atoms with Crippen LogP contribution in [0, 0.1) is 17.3 Å². The number of aromatic hydroxyl groups is 1. The zero-order chi connectivity index (χ0) is 27.7. The normalized spacial score (nSPS) is 38.0. The van der Waals surface area contributed by atoms with Crippen LogP contribution in [0.25, 0.3) is 0 Å². The van der Waals surface area contributed by atoms with E-state index in [2.05, 4.69) is 62.1 Å². The molecule has 5 nitrogen and oxygen atoms in total. The number of likely N-dealkylation sites (tertiary alicyclic amines) is 1. The predicted octanol–water partition coefficient (Wildman–Crippen LogP) is 6.16. The first-order valence-corrected chi connectivity index (χ1v) is 15.7. The van der Waals surface area contributed by atoms with Gasteiger partial charge in [-0.15, -0.1) is 12.4 Å². The fraction of sp³-hybridized carbons (Fsp3) is 0.657. The lowest BCUT2D eigenvalue weighted by Crippen LogP contribution is -2.82. The van der Waals surface area contributed by atoms with E-state index >= 15 is 0 Å². The topological polar surface area (TPSA) is 62.2 Å². The number of hydrogen-bond acceptors (Lipinski definition) is 5. The van der Waals surface area contributed by atoms with Crippen LogP contribution in [0.1, 0.15) is 82.4 Å².